The number of esters is 1. The molecule has 0 amide bonds. The first-order valence-electron chi connectivity index (χ1n) is 11.6. The molecule has 1 saturated heterocycles. The predicted octanol–water partition coefficient (Wildman–Crippen LogP) is 4.85. The maximum Gasteiger partial charge on any atom is 0.337 e. The molecule has 9 heteroatoms. The lowest BCUT2D eigenvalue weighted by atomic mass is 10.0. The van der Waals surface area contributed by atoms with E-state index in [2.05, 4.69) is 10.3 Å². The van der Waals surface area contributed by atoms with Gasteiger partial charge in [-0.3, -0.25) is 4.98 Å². The predicted molar refractivity (Wildman–Crippen MR) is 145 cm³/mol. The van der Waals surface area contributed by atoms with Gasteiger partial charge in [0.2, 0.25) is 0 Å². The molecule has 2 aromatic carbocycles. The van der Waals surface area contributed by atoms with Gasteiger partial charge in [-0.05, 0) is 66.8 Å². The third-order valence-electron chi connectivity index (χ3n) is 6.37. The van der Waals surface area contributed by atoms with Gasteiger partial charge >= 0.3 is 5.97 Å². The van der Waals surface area contributed by atoms with E-state index in [1.807, 2.05) is 82.4 Å². The molecule has 0 bridgehead atoms. The minimum absolute atomic E-state index is 0.252. The minimum Gasteiger partial charge on any atom is -0.497 e. The second kappa shape index (κ2) is 10.3. The average Bonchev–Trinajstić information content (AvgIpc) is 3.57. The summed E-state index contributed by atoms with van der Waals surface area (Å²) in [6.45, 7) is 0. The van der Waals surface area contributed by atoms with Crippen LogP contribution in [0.25, 0.3) is 5.69 Å². The van der Waals surface area contributed by atoms with E-state index in [1.54, 1.807) is 26.5 Å². The van der Waals surface area contributed by atoms with Crippen molar-refractivity contribution in [3.05, 3.63) is 102 Å². The molecule has 37 heavy (non-hydrogen) atoms. The number of nitrogens with zero attached hydrogens (tertiary/aromatic N) is 3. The highest BCUT2D eigenvalue weighted by molar-refractivity contribution is 7.80. The Morgan fingerprint density at radius 1 is 0.973 bits per heavy atom. The molecular formula is C28H26N4O4S. The normalized spacial score (nSPS) is 16.8. The van der Waals surface area contributed by atoms with Crippen molar-refractivity contribution in [2.75, 3.05) is 26.2 Å². The SMILES string of the molecule is COC(=O)c1cccc(-n2cccc2C2C(c3ccccn3)NC(=S)N2c2ccc(OC)cc2OC)c1. The van der Waals surface area contributed by atoms with E-state index < -0.39 is 5.97 Å². The van der Waals surface area contributed by atoms with Crippen molar-refractivity contribution in [2.24, 2.45) is 0 Å². The molecule has 2 atom stereocenters. The second-order valence-electron chi connectivity index (χ2n) is 8.38. The van der Waals surface area contributed by atoms with Crippen LogP contribution in [-0.4, -0.2) is 42.0 Å². The summed E-state index contributed by atoms with van der Waals surface area (Å²) in [4.78, 5) is 18.9. The molecule has 8 nitrogen and oxygen atoms in total. The van der Waals surface area contributed by atoms with Gasteiger partial charge < -0.3 is 29.0 Å². The van der Waals surface area contributed by atoms with Crippen molar-refractivity contribution in [3.8, 4) is 17.2 Å². The molecule has 0 spiro atoms. The zero-order valence-electron chi connectivity index (χ0n) is 20.6. The van der Waals surface area contributed by atoms with Crippen LogP contribution < -0.4 is 19.7 Å². The largest absolute Gasteiger partial charge is 0.497 e. The average molecular weight is 515 g/mol. The van der Waals surface area contributed by atoms with Crippen LogP contribution in [0.3, 0.4) is 0 Å². The van der Waals surface area contributed by atoms with Gasteiger partial charge in [0.15, 0.2) is 5.11 Å². The van der Waals surface area contributed by atoms with Crippen molar-refractivity contribution in [1.29, 1.82) is 0 Å². The Bertz CT molecular complexity index is 1440. The first-order chi connectivity index (χ1) is 18.0. The summed E-state index contributed by atoms with van der Waals surface area (Å²) < 4.78 is 18.1. The van der Waals surface area contributed by atoms with E-state index in [0.717, 1.165) is 22.8 Å². The van der Waals surface area contributed by atoms with Crippen LogP contribution in [0, 0.1) is 0 Å². The third-order valence-corrected chi connectivity index (χ3v) is 6.69. The first-order valence-corrected chi connectivity index (χ1v) is 12.0. The molecule has 1 aliphatic heterocycles. The van der Waals surface area contributed by atoms with Crippen molar-refractivity contribution in [1.82, 2.24) is 14.9 Å². The minimum atomic E-state index is -0.393. The molecule has 5 rings (SSSR count). The molecule has 0 aliphatic carbocycles. The summed E-state index contributed by atoms with van der Waals surface area (Å²) in [5.41, 5.74) is 3.88. The van der Waals surface area contributed by atoms with Crippen molar-refractivity contribution in [3.63, 3.8) is 0 Å². The van der Waals surface area contributed by atoms with Crippen molar-refractivity contribution in [2.45, 2.75) is 12.1 Å². The number of benzene rings is 2. The third kappa shape index (κ3) is 4.49. The van der Waals surface area contributed by atoms with Crippen LogP contribution in [-0.2, 0) is 4.74 Å². The maximum atomic E-state index is 12.2. The molecule has 2 aromatic heterocycles. The summed E-state index contributed by atoms with van der Waals surface area (Å²) in [5.74, 6) is 0.913. The monoisotopic (exact) mass is 514 g/mol. The second-order valence-corrected chi connectivity index (χ2v) is 8.77. The lowest BCUT2D eigenvalue weighted by Crippen LogP contribution is -2.30. The molecule has 188 valence electrons. The molecule has 2 unspecified atom stereocenters. The van der Waals surface area contributed by atoms with Crippen LogP contribution in [0.4, 0.5) is 5.69 Å². The van der Waals surface area contributed by atoms with Crippen molar-refractivity contribution < 1.29 is 19.0 Å². The lowest BCUT2D eigenvalue weighted by molar-refractivity contribution is 0.0600. The standard InChI is InChI=1S/C28H26N4O4S/c1-34-20-12-13-22(24(17-20)35-2)32-26(25(30-28(32)37)21-10-4-5-14-29-21)23-11-7-15-31(23)19-9-6-8-18(16-19)27(33)36-3/h4-17,25-26H,1-3H3,(H,30,37). The van der Waals surface area contributed by atoms with Gasteiger partial charge in [-0.1, -0.05) is 12.1 Å². The summed E-state index contributed by atoms with van der Waals surface area (Å²) in [6, 6.07) is 22.3. The van der Waals surface area contributed by atoms with Gasteiger partial charge in [-0.2, -0.15) is 0 Å². The first kappa shape index (κ1) is 24.3. The Balaban J connectivity index is 1.67. The number of pyridine rings is 1. The Hall–Kier alpha value is -4.37. The number of hydrogen-bond acceptors (Lipinski definition) is 6. The fraction of sp³-hybridized carbons (Fsp3) is 0.179. The molecule has 0 saturated carbocycles. The van der Waals surface area contributed by atoms with Gasteiger partial charge in [0, 0.05) is 29.8 Å². The fourth-order valence-electron chi connectivity index (χ4n) is 4.67. The van der Waals surface area contributed by atoms with Crippen LogP contribution in [0.1, 0.15) is 33.8 Å². The highest BCUT2D eigenvalue weighted by atomic mass is 32.1. The highest BCUT2D eigenvalue weighted by Crippen LogP contribution is 2.45. The number of rotatable bonds is 7. The Labute approximate surface area is 220 Å². The molecular weight excluding hydrogens is 488 g/mol. The highest BCUT2D eigenvalue weighted by Gasteiger charge is 2.43. The number of thiocarbonyl (C=S) groups is 1. The fourth-order valence-corrected chi connectivity index (χ4v) is 5.01. The summed E-state index contributed by atoms with van der Waals surface area (Å²) in [7, 11) is 4.61. The van der Waals surface area contributed by atoms with E-state index in [1.165, 1.54) is 7.11 Å². The van der Waals surface area contributed by atoms with E-state index in [-0.39, 0.29) is 12.1 Å². The molecule has 1 fully saturated rings. The summed E-state index contributed by atoms with van der Waals surface area (Å²) in [6.07, 6.45) is 3.73. The number of carbonyl (C=O) groups excluding carboxylic acids is 1. The van der Waals surface area contributed by atoms with Gasteiger partial charge in [-0.25, -0.2) is 4.79 Å². The zero-order chi connectivity index (χ0) is 25.9. The van der Waals surface area contributed by atoms with E-state index in [4.69, 9.17) is 26.4 Å². The topological polar surface area (TPSA) is 77.9 Å². The number of anilines is 1. The van der Waals surface area contributed by atoms with E-state index in [0.29, 0.717) is 22.2 Å². The number of nitrogens with one attached hydrogen (secondary N) is 1. The summed E-state index contributed by atoms with van der Waals surface area (Å²) >= 11 is 5.88. The quantitative estimate of drug-likeness (QED) is 0.277. The maximum absolute atomic E-state index is 12.2. The number of ether oxygens (including phenoxy) is 3. The van der Waals surface area contributed by atoms with Crippen LogP contribution in [0.5, 0.6) is 11.5 Å². The Kier molecular flexibility index (Phi) is 6.78. The number of hydrogen-bond donors (Lipinski definition) is 1. The number of carbonyl (C=O) groups is 1. The van der Waals surface area contributed by atoms with E-state index >= 15 is 0 Å². The molecule has 1 aliphatic rings. The molecule has 3 heterocycles. The number of methoxy groups -OCH3 is 3. The Morgan fingerprint density at radius 3 is 2.57 bits per heavy atom. The van der Waals surface area contributed by atoms with Crippen LogP contribution in [0.2, 0.25) is 0 Å². The zero-order valence-corrected chi connectivity index (χ0v) is 21.4. The smallest absolute Gasteiger partial charge is 0.337 e. The molecule has 0 radical (unpaired) electrons. The molecule has 1 N–H and O–H groups in total. The van der Waals surface area contributed by atoms with E-state index in [9.17, 15) is 4.79 Å². The van der Waals surface area contributed by atoms with Gasteiger partial charge in [0.1, 0.15) is 17.5 Å². The lowest BCUT2D eigenvalue weighted by Gasteiger charge is -2.30. The van der Waals surface area contributed by atoms with Crippen molar-refractivity contribution >= 4 is 29.0 Å². The summed E-state index contributed by atoms with van der Waals surface area (Å²) in [5, 5.41) is 4.02. The number of aromatic nitrogens is 2. The Morgan fingerprint density at radius 2 is 1.84 bits per heavy atom. The van der Waals surface area contributed by atoms with Crippen LogP contribution in [0.15, 0.2) is 85.2 Å². The molecule has 4 aromatic rings. The van der Waals surface area contributed by atoms with Crippen LogP contribution >= 0.6 is 12.2 Å². The van der Waals surface area contributed by atoms with Gasteiger partial charge in [0.25, 0.3) is 0 Å². The van der Waals surface area contributed by atoms with Gasteiger partial charge in [0.05, 0.1) is 44.3 Å². The van der Waals surface area contributed by atoms with Gasteiger partial charge in [-0.15, -0.1) is 0 Å².